The maximum absolute atomic E-state index is 11.8. The van der Waals surface area contributed by atoms with Crippen molar-refractivity contribution in [2.24, 2.45) is 0 Å². The Hall–Kier alpha value is 0.560. The van der Waals surface area contributed by atoms with E-state index in [1.165, 1.54) is 0 Å². The minimum absolute atomic E-state index is 0. The number of hydrogen-bond donors (Lipinski definition) is 1. The first kappa shape index (κ1) is 14.1. The molecule has 5 nitrogen and oxygen atoms in total. The van der Waals surface area contributed by atoms with E-state index < -0.39 is 23.3 Å². The molecule has 0 fully saturated rings. The van der Waals surface area contributed by atoms with Gasteiger partial charge in [0.15, 0.2) is 0 Å². The van der Waals surface area contributed by atoms with E-state index in [-0.39, 0.29) is 29.6 Å². The second kappa shape index (κ2) is 6.12. The third kappa shape index (κ3) is 5.79. The summed E-state index contributed by atoms with van der Waals surface area (Å²) in [6.45, 7) is 0. The predicted octanol–water partition coefficient (Wildman–Crippen LogP) is -3.46. The van der Waals surface area contributed by atoms with Crippen LogP contribution in [0, 0.1) is 0 Å². The van der Waals surface area contributed by atoms with Gasteiger partial charge in [0.05, 0.1) is 0 Å². The first-order valence-electron chi connectivity index (χ1n) is 1.76. The topological polar surface area (TPSA) is 78.8 Å². The Morgan fingerprint density at radius 1 is 1.64 bits per heavy atom. The van der Waals surface area contributed by atoms with E-state index in [1.54, 1.807) is 0 Å². The van der Waals surface area contributed by atoms with Crippen LogP contribution in [0.25, 0.3) is 0 Å². The number of carbonyl (C=O) groups is 1. The molecular weight excluding hydrogens is 197 g/mol. The Morgan fingerprint density at radius 3 is 2.36 bits per heavy atom. The van der Waals surface area contributed by atoms with Gasteiger partial charge in [0.1, 0.15) is 12.0 Å². The Bertz CT molecular complexity index is 132. The van der Waals surface area contributed by atoms with Crippen LogP contribution in [0.1, 0.15) is 0 Å². The Morgan fingerprint density at radius 2 is 2.09 bits per heavy atom. The maximum Gasteiger partial charge on any atom is 1.00 e. The third-order valence-corrected chi connectivity index (χ3v) is 0.923. The summed E-state index contributed by atoms with van der Waals surface area (Å²) in [5.41, 5.74) is 0. The van der Waals surface area contributed by atoms with Gasteiger partial charge in [0.25, 0.3) is 0 Å². The van der Waals surface area contributed by atoms with E-state index in [0.29, 0.717) is 0 Å². The molecule has 0 aromatic rings. The average Bonchev–Trinajstić information content (AvgIpc) is 1.84. The smallest absolute Gasteiger partial charge is 0.691 e. The molecule has 0 heterocycles. The summed E-state index contributed by atoms with van der Waals surface area (Å²) >= 11 is -0.881. The number of carboxylic acid groups (broad SMARTS) is 1. The molecule has 0 radical (unpaired) electrons. The summed E-state index contributed by atoms with van der Waals surface area (Å²) < 4.78 is 26.6. The molecule has 0 bridgehead atoms. The number of alkyl halides is 2. The van der Waals surface area contributed by atoms with E-state index >= 15 is 0 Å². The van der Waals surface area contributed by atoms with Gasteiger partial charge >= 0.3 is 40.8 Å². The van der Waals surface area contributed by atoms with Crippen molar-refractivity contribution in [2.45, 2.75) is 5.25 Å². The molecule has 1 N–H and O–H groups in total. The van der Waals surface area contributed by atoms with Crippen LogP contribution in [0.2, 0.25) is 0 Å². The molecule has 60 valence electrons. The average molecular weight is 198 g/mol. The summed E-state index contributed by atoms with van der Waals surface area (Å²) in [5, 5.41) is 14.9. The number of carboxylic acids is 1. The van der Waals surface area contributed by atoms with Crippen molar-refractivity contribution in [1.82, 2.24) is 0 Å². The molecular formula is C2HF2NaO5S. The Balaban J connectivity index is 0. The first-order valence-corrected chi connectivity index (χ1v) is 2.50. The zero-order chi connectivity index (χ0) is 8.20. The molecule has 0 aliphatic heterocycles. The van der Waals surface area contributed by atoms with Crippen LogP contribution in [-0.2, 0) is 14.2 Å². The molecule has 0 saturated carbocycles. The van der Waals surface area contributed by atoms with Crippen molar-refractivity contribution in [3.63, 3.8) is 0 Å². The fourth-order valence-electron chi connectivity index (χ4n) is 0.0923. The molecule has 0 saturated heterocycles. The van der Waals surface area contributed by atoms with Gasteiger partial charge < -0.3 is 10.4 Å². The van der Waals surface area contributed by atoms with Crippen LogP contribution in [0.15, 0.2) is 0 Å². The number of halogens is 2. The SMILES string of the molecule is O=C(O)C(F)(F)SOO[O-].[Na+]. The summed E-state index contributed by atoms with van der Waals surface area (Å²) in [4.78, 5) is 9.52. The van der Waals surface area contributed by atoms with Gasteiger partial charge in [-0.1, -0.05) is 0 Å². The molecule has 0 aliphatic rings. The molecule has 0 spiro atoms. The van der Waals surface area contributed by atoms with E-state index in [0.717, 1.165) is 0 Å². The minimum atomic E-state index is -4.16. The van der Waals surface area contributed by atoms with Gasteiger partial charge in [-0.05, 0) is 0 Å². The van der Waals surface area contributed by atoms with Crippen molar-refractivity contribution >= 4 is 18.0 Å². The van der Waals surface area contributed by atoms with E-state index in [9.17, 15) is 13.6 Å². The van der Waals surface area contributed by atoms with Gasteiger partial charge in [-0.3, -0.25) is 5.04 Å². The quantitative estimate of drug-likeness (QED) is 0.219. The molecule has 0 aromatic carbocycles. The second-order valence-corrected chi connectivity index (χ2v) is 1.86. The molecule has 9 heteroatoms. The fraction of sp³-hybridized carbons (Fsp3) is 0.500. The number of aliphatic carboxylic acids is 1. The first-order chi connectivity index (χ1) is 4.50. The summed E-state index contributed by atoms with van der Waals surface area (Å²) in [6.07, 6.45) is 0. The van der Waals surface area contributed by atoms with Crippen molar-refractivity contribution in [3.05, 3.63) is 0 Å². The van der Waals surface area contributed by atoms with E-state index in [4.69, 9.17) is 10.4 Å². The summed E-state index contributed by atoms with van der Waals surface area (Å²) in [6, 6.07) is 0. The Kier molecular flexibility index (Phi) is 7.84. The van der Waals surface area contributed by atoms with Gasteiger partial charge in [-0.2, -0.15) is 13.1 Å². The van der Waals surface area contributed by atoms with Crippen molar-refractivity contribution < 1.29 is 62.9 Å². The van der Waals surface area contributed by atoms with Crippen LogP contribution in [0.4, 0.5) is 8.78 Å². The largest absolute Gasteiger partial charge is 1.00 e. The van der Waals surface area contributed by atoms with E-state index in [1.807, 2.05) is 0 Å². The molecule has 0 rings (SSSR count). The van der Waals surface area contributed by atoms with Crippen LogP contribution in [-0.4, -0.2) is 16.3 Å². The van der Waals surface area contributed by atoms with Gasteiger partial charge in [0, 0.05) is 0 Å². The maximum atomic E-state index is 11.8. The molecule has 0 unspecified atom stereocenters. The van der Waals surface area contributed by atoms with Gasteiger partial charge in [-0.25, -0.2) is 4.79 Å². The molecule has 11 heavy (non-hydrogen) atoms. The molecule has 0 amide bonds. The normalized spacial score (nSPS) is 10.5. The second-order valence-electron chi connectivity index (χ2n) is 1.04. The summed E-state index contributed by atoms with van der Waals surface area (Å²) in [7, 11) is 0. The van der Waals surface area contributed by atoms with Crippen molar-refractivity contribution in [1.29, 1.82) is 0 Å². The minimum Gasteiger partial charge on any atom is -0.691 e. The van der Waals surface area contributed by atoms with Crippen molar-refractivity contribution in [2.75, 3.05) is 0 Å². The molecule has 0 aliphatic carbocycles. The van der Waals surface area contributed by atoms with Crippen LogP contribution in [0.5, 0.6) is 0 Å². The molecule has 0 aromatic heterocycles. The van der Waals surface area contributed by atoms with Gasteiger partial charge in [-0.15, -0.1) is 0 Å². The number of rotatable bonds is 4. The summed E-state index contributed by atoms with van der Waals surface area (Å²) in [5.74, 6) is -2.41. The van der Waals surface area contributed by atoms with Crippen LogP contribution >= 0.6 is 12.0 Å². The van der Waals surface area contributed by atoms with E-state index in [2.05, 4.69) is 9.37 Å². The van der Waals surface area contributed by atoms with Crippen molar-refractivity contribution in [3.8, 4) is 0 Å². The standard InChI is InChI=1S/C2H2F2O5S.Na/c3-2(4,1(5)6)10-9-8-7;/h7H,(H,5,6);/q;+1/p-1. The zero-order valence-electron chi connectivity index (χ0n) is 5.24. The fourth-order valence-corrected chi connectivity index (χ4v) is 0.277. The predicted molar refractivity (Wildman–Crippen MR) is 22.3 cm³/mol. The zero-order valence-corrected chi connectivity index (χ0v) is 8.06. The Labute approximate surface area is 86.0 Å². The van der Waals surface area contributed by atoms with Gasteiger partial charge in [0.2, 0.25) is 0 Å². The monoisotopic (exact) mass is 198 g/mol. The molecule has 0 atom stereocenters. The van der Waals surface area contributed by atoms with Crippen LogP contribution in [0.3, 0.4) is 0 Å². The van der Waals surface area contributed by atoms with Crippen LogP contribution < -0.4 is 34.8 Å². The third-order valence-electron chi connectivity index (χ3n) is 0.415. The number of hydrogen-bond acceptors (Lipinski definition) is 5.